The number of aromatic nitrogens is 2. The highest BCUT2D eigenvalue weighted by Gasteiger charge is 2.07. The van der Waals surface area contributed by atoms with E-state index in [1.165, 1.54) is 0 Å². The van der Waals surface area contributed by atoms with Crippen molar-refractivity contribution < 1.29 is 0 Å². The van der Waals surface area contributed by atoms with Crippen molar-refractivity contribution in [3.8, 4) is 0 Å². The van der Waals surface area contributed by atoms with Crippen LogP contribution in [0.3, 0.4) is 0 Å². The quantitative estimate of drug-likeness (QED) is 0.930. The van der Waals surface area contributed by atoms with Gasteiger partial charge in [-0.3, -0.25) is 0 Å². The van der Waals surface area contributed by atoms with Crippen LogP contribution < -0.4 is 5.32 Å². The molecule has 2 rings (SSSR count). The molecule has 1 atom stereocenters. The fourth-order valence-electron chi connectivity index (χ4n) is 1.58. The van der Waals surface area contributed by atoms with E-state index in [4.69, 9.17) is 23.2 Å². The molecule has 94 valence electrons. The van der Waals surface area contributed by atoms with Crippen molar-refractivity contribution >= 4 is 23.2 Å². The molecule has 0 fully saturated rings. The van der Waals surface area contributed by atoms with E-state index in [9.17, 15) is 0 Å². The predicted molar refractivity (Wildman–Crippen MR) is 73.7 cm³/mol. The van der Waals surface area contributed by atoms with Crippen LogP contribution in [0.5, 0.6) is 0 Å². The third-order valence-electron chi connectivity index (χ3n) is 2.66. The topological polar surface area (TPSA) is 37.8 Å². The Kier molecular flexibility index (Phi) is 4.53. The van der Waals surface area contributed by atoms with E-state index in [2.05, 4.69) is 22.4 Å². The van der Waals surface area contributed by atoms with Gasteiger partial charge in [0.25, 0.3) is 0 Å². The highest BCUT2D eigenvalue weighted by Crippen LogP contribution is 2.25. The summed E-state index contributed by atoms with van der Waals surface area (Å²) in [5, 5.41) is 12.3. The molecule has 0 saturated carbocycles. The van der Waals surface area contributed by atoms with Gasteiger partial charge in [0, 0.05) is 18.8 Å². The average Bonchev–Trinajstić information content (AvgIpc) is 2.40. The minimum atomic E-state index is 0.168. The second-order valence-corrected chi connectivity index (χ2v) is 4.81. The lowest BCUT2D eigenvalue weighted by molar-refractivity contribution is 0.564. The molecule has 1 unspecified atom stereocenters. The maximum Gasteiger partial charge on any atom is 0.0769 e. The third-order valence-corrected chi connectivity index (χ3v) is 3.40. The summed E-state index contributed by atoms with van der Waals surface area (Å²) in [6.07, 6.45) is 1.66. The molecule has 18 heavy (non-hydrogen) atoms. The molecule has 3 nitrogen and oxygen atoms in total. The molecule has 0 bridgehead atoms. The molecule has 1 N–H and O–H groups in total. The SMILES string of the molecule is CC(NCc1cccnn1)c1ccc(Cl)c(Cl)c1. The number of rotatable bonds is 4. The molecule has 0 aliphatic heterocycles. The highest BCUT2D eigenvalue weighted by molar-refractivity contribution is 6.42. The Hall–Kier alpha value is -1.16. The average molecular weight is 282 g/mol. The zero-order valence-electron chi connectivity index (χ0n) is 9.90. The first-order chi connectivity index (χ1) is 8.66. The van der Waals surface area contributed by atoms with Gasteiger partial charge in [0.05, 0.1) is 15.7 Å². The van der Waals surface area contributed by atoms with Gasteiger partial charge in [0.2, 0.25) is 0 Å². The largest absolute Gasteiger partial charge is 0.304 e. The molecule has 1 aromatic heterocycles. The van der Waals surface area contributed by atoms with Crippen LogP contribution in [0.15, 0.2) is 36.5 Å². The number of nitrogens with zero attached hydrogens (tertiary/aromatic N) is 2. The molecule has 5 heteroatoms. The van der Waals surface area contributed by atoms with Crippen LogP contribution in [-0.4, -0.2) is 10.2 Å². The monoisotopic (exact) mass is 281 g/mol. The van der Waals surface area contributed by atoms with E-state index >= 15 is 0 Å². The molecule has 0 amide bonds. The highest BCUT2D eigenvalue weighted by atomic mass is 35.5. The third kappa shape index (κ3) is 3.42. The van der Waals surface area contributed by atoms with Gasteiger partial charge in [-0.2, -0.15) is 10.2 Å². The minimum Gasteiger partial charge on any atom is -0.304 e. The fourth-order valence-corrected chi connectivity index (χ4v) is 1.89. The van der Waals surface area contributed by atoms with E-state index < -0.39 is 0 Å². The Morgan fingerprint density at radius 1 is 1.22 bits per heavy atom. The molecule has 0 saturated heterocycles. The minimum absolute atomic E-state index is 0.168. The van der Waals surface area contributed by atoms with Crippen LogP contribution >= 0.6 is 23.2 Å². The number of nitrogens with one attached hydrogen (secondary N) is 1. The van der Waals surface area contributed by atoms with Crippen molar-refractivity contribution in [2.75, 3.05) is 0 Å². The maximum absolute atomic E-state index is 5.99. The van der Waals surface area contributed by atoms with Gasteiger partial charge in [-0.1, -0.05) is 29.3 Å². The van der Waals surface area contributed by atoms with E-state index in [1.54, 1.807) is 12.3 Å². The standard InChI is InChI=1S/C13H13Cl2N3/c1-9(10-4-5-12(14)13(15)7-10)16-8-11-3-2-6-17-18-11/h2-7,9,16H,8H2,1H3. The van der Waals surface area contributed by atoms with Crippen LogP contribution in [0.1, 0.15) is 24.2 Å². The lowest BCUT2D eigenvalue weighted by Crippen LogP contribution is -2.18. The van der Waals surface area contributed by atoms with Crippen molar-refractivity contribution in [1.29, 1.82) is 0 Å². The lowest BCUT2D eigenvalue weighted by Gasteiger charge is -2.14. The number of hydrogen-bond donors (Lipinski definition) is 1. The summed E-state index contributed by atoms with van der Waals surface area (Å²) in [5.41, 5.74) is 2.00. The van der Waals surface area contributed by atoms with Crippen LogP contribution in [0.4, 0.5) is 0 Å². The molecule has 0 aliphatic rings. The summed E-state index contributed by atoms with van der Waals surface area (Å²) in [5.74, 6) is 0. The Labute approximate surface area is 116 Å². The Morgan fingerprint density at radius 2 is 2.06 bits per heavy atom. The van der Waals surface area contributed by atoms with Crippen molar-refractivity contribution in [2.24, 2.45) is 0 Å². The molecule has 0 aliphatic carbocycles. The number of halogens is 2. The van der Waals surface area contributed by atoms with Crippen LogP contribution in [-0.2, 0) is 6.54 Å². The smallest absolute Gasteiger partial charge is 0.0769 e. The summed E-state index contributed by atoms with van der Waals surface area (Å²) in [4.78, 5) is 0. The number of hydrogen-bond acceptors (Lipinski definition) is 3. The first-order valence-corrected chi connectivity index (χ1v) is 6.37. The second kappa shape index (κ2) is 6.14. The molecule has 0 radical (unpaired) electrons. The van der Waals surface area contributed by atoms with Crippen molar-refractivity contribution in [2.45, 2.75) is 19.5 Å². The Balaban J connectivity index is 1.99. The van der Waals surface area contributed by atoms with Gasteiger partial charge in [0.1, 0.15) is 0 Å². The second-order valence-electron chi connectivity index (χ2n) is 3.99. The molecule has 2 aromatic rings. The zero-order valence-corrected chi connectivity index (χ0v) is 11.4. The fraction of sp³-hybridized carbons (Fsp3) is 0.231. The lowest BCUT2D eigenvalue weighted by atomic mass is 10.1. The van der Waals surface area contributed by atoms with Gasteiger partial charge in [-0.05, 0) is 36.8 Å². The Morgan fingerprint density at radius 3 is 2.72 bits per heavy atom. The normalized spacial score (nSPS) is 12.4. The van der Waals surface area contributed by atoms with Crippen molar-refractivity contribution in [3.05, 3.63) is 57.8 Å². The van der Waals surface area contributed by atoms with Crippen LogP contribution in [0, 0.1) is 0 Å². The summed E-state index contributed by atoms with van der Waals surface area (Å²) >= 11 is 11.9. The van der Waals surface area contributed by atoms with E-state index in [1.807, 2.05) is 24.3 Å². The summed E-state index contributed by atoms with van der Waals surface area (Å²) in [6.45, 7) is 2.73. The molecular weight excluding hydrogens is 269 g/mol. The number of benzene rings is 1. The van der Waals surface area contributed by atoms with Crippen molar-refractivity contribution in [1.82, 2.24) is 15.5 Å². The van der Waals surface area contributed by atoms with Gasteiger partial charge in [-0.25, -0.2) is 0 Å². The van der Waals surface area contributed by atoms with E-state index in [-0.39, 0.29) is 6.04 Å². The summed E-state index contributed by atoms with van der Waals surface area (Å²) in [6, 6.07) is 9.61. The maximum atomic E-state index is 5.99. The zero-order chi connectivity index (χ0) is 13.0. The van der Waals surface area contributed by atoms with Gasteiger partial charge in [-0.15, -0.1) is 0 Å². The first kappa shape index (κ1) is 13.3. The first-order valence-electron chi connectivity index (χ1n) is 5.61. The van der Waals surface area contributed by atoms with E-state index in [0.717, 1.165) is 11.3 Å². The summed E-state index contributed by atoms with van der Waals surface area (Å²) in [7, 11) is 0. The predicted octanol–water partition coefficient (Wildman–Crippen LogP) is 3.63. The summed E-state index contributed by atoms with van der Waals surface area (Å²) < 4.78 is 0. The molecular formula is C13H13Cl2N3. The van der Waals surface area contributed by atoms with Gasteiger partial charge in [0.15, 0.2) is 0 Å². The van der Waals surface area contributed by atoms with Crippen molar-refractivity contribution in [3.63, 3.8) is 0 Å². The van der Waals surface area contributed by atoms with Gasteiger partial charge >= 0.3 is 0 Å². The van der Waals surface area contributed by atoms with Gasteiger partial charge < -0.3 is 5.32 Å². The van der Waals surface area contributed by atoms with Crippen LogP contribution in [0.2, 0.25) is 10.0 Å². The molecule has 1 aromatic carbocycles. The van der Waals surface area contributed by atoms with Crippen LogP contribution in [0.25, 0.3) is 0 Å². The Bertz CT molecular complexity index is 517. The van der Waals surface area contributed by atoms with E-state index in [0.29, 0.717) is 16.6 Å². The molecule has 0 spiro atoms. The molecule has 1 heterocycles.